The molecule has 2 fully saturated rings. The Kier molecular flexibility index (Phi) is 4.91. The van der Waals surface area contributed by atoms with Crippen molar-refractivity contribution >= 4 is 0 Å². The summed E-state index contributed by atoms with van der Waals surface area (Å²) in [4.78, 5) is 0. The smallest absolute Gasteiger partial charge is 0.0685 e. The van der Waals surface area contributed by atoms with Gasteiger partial charge < -0.3 is 15.2 Å². The van der Waals surface area contributed by atoms with Crippen LogP contribution in [-0.2, 0) is 4.74 Å². The van der Waals surface area contributed by atoms with Crippen LogP contribution in [0.15, 0.2) is 0 Å². The Labute approximate surface area is 118 Å². The van der Waals surface area contributed by atoms with E-state index in [0.717, 1.165) is 19.6 Å². The number of hydrogen-bond acceptors (Lipinski definition) is 3. The molecule has 0 spiro atoms. The Morgan fingerprint density at radius 2 is 2.11 bits per heavy atom. The van der Waals surface area contributed by atoms with Crippen LogP contribution in [0.3, 0.4) is 0 Å². The van der Waals surface area contributed by atoms with Gasteiger partial charge in [-0.15, -0.1) is 0 Å². The molecule has 1 saturated heterocycles. The lowest BCUT2D eigenvalue weighted by molar-refractivity contribution is -0.113. The van der Waals surface area contributed by atoms with Crippen LogP contribution in [0, 0.1) is 23.2 Å². The minimum absolute atomic E-state index is 0.267. The Balaban J connectivity index is 1.83. The molecule has 0 aromatic carbocycles. The van der Waals surface area contributed by atoms with Crippen LogP contribution in [0.4, 0.5) is 0 Å². The van der Waals surface area contributed by atoms with E-state index in [2.05, 4.69) is 33.0 Å². The van der Waals surface area contributed by atoms with Gasteiger partial charge in [-0.05, 0) is 37.6 Å². The molecule has 4 atom stereocenters. The quantitative estimate of drug-likeness (QED) is 0.746. The molecule has 1 aliphatic heterocycles. The third kappa shape index (κ3) is 3.14. The van der Waals surface area contributed by atoms with Gasteiger partial charge in [0.25, 0.3) is 0 Å². The van der Waals surface area contributed by atoms with Crippen molar-refractivity contribution in [2.45, 2.75) is 59.1 Å². The van der Waals surface area contributed by atoms with Crippen LogP contribution in [0.25, 0.3) is 0 Å². The molecule has 3 heteroatoms. The van der Waals surface area contributed by atoms with E-state index < -0.39 is 0 Å². The maximum Gasteiger partial charge on any atom is 0.0685 e. The van der Waals surface area contributed by atoms with Crippen molar-refractivity contribution in [2.75, 3.05) is 19.8 Å². The highest BCUT2D eigenvalue weighted by Gasteiger charge is 2.58. The summed E-state index contributed by atoms with van der Waals surface area (Å²) in [7, 11) is 0. The largest absolute Gasteiger partial charge is 0.396 e. The van der Waals surface area contributed by atoms with Crippen molar-refractivity contribution in [3.8, 4) is 0 Å². The number of rotatable bonds is 7. The van der Waals surface area contributed by atoms with Gasteiger partial charge in [-0.3, -0.25) is 0 Å². The second-order valence-electron chi connectivity index (χ2n) is 7.46. The van der Waals surface area contributed by atoms with Crippen LogP contribution in [-0.4, -0.2) is 37.0 Å². The second-order valence-corrected chi connectivity index (χ2v) is 7.46. The molecule has 2 aliphatic rings. The number of ether oxygens (including phenoxy) is 1. The fraction of sp³-hybridized carbons (Fsp3) is 1.00. The van der Waals surface area contributed by atoms with E-state index in [9.17, 15) is 5.11 Å². The molecular weight excluding hydrogens is 238 g/mol. The first-order chi connectivity index (χ1) is 8.96. The van der Waals surface area contributed by atoms with E-state index in [4.69, 9.17) is 4.74 Å². The maximum atomic E-state index is 9.19. The average molecular weight is 269 g/mol. The summed E-state index contributed by atoms with van der Waals surface area (Å²) < 4.78 is 5.84. The van der Waals surface area contributed by atoms with Gasteiger partial charge in [0.1, 0.15) is 0 Å². The van der Waals surface area contributed by atoms with Gasteiger partial charge in [0.15, 0.2) is 0 Å². The monoisotopic (exact) mass is 269 g/mol. The van der Waals surface area contributed by atoms with Gasteiger partial charge in [0.05, 0.1) is 6.10 Å². The minimum Gasteiger partial charge on any atom is -0.396 e. The van der Waals surface area contributed by atoms with Crippen LogP contribution < -0.4 is 5.32 Å². The molecule has 0 aromatic rings. The average Bonchev–Trinajstić information content (AvgIpc) is 2.75. The summed E-state index contributed by atoms with van der Waals surface area (Å²) in [6.45, 7) is 11.4. The molecule has 2 N–H and O–H groups in total. The molecular formula is C16H31NO2. The van der Waals surface area contributed by atoms with Gasteiger partial charge in [-0.1, -0.05) is 27.7 Å². The minimum atomic E-state index is 0.267. The lowest BCUT2D eigenvalue weighted by Crippen LogP contribution is -2.66. The standard InChI is InChI=1S/C16H31NO2/c1-11(2)9-12(5-7-18)10-17-14-13-6-8-19-15(13)16(14,3)4/h11-15,17-18H,5-10H2,1-4H3. The molecule has 19 heavy (non-hydrogen) atoms. The highest BCUT2D eigenvalue weighted by Crippen LogP contribution is 2.52. The maximum absolute atomic E-state index is 9.19. The Bertz CT molecular complexity index is 290. The second kappa shape index (κ2) is 6.11. The molecule has 2 rings (SSSR count). The van der Waals surface area contributed by atoms with Gasteiger partial charge in [0, 0.05) is 30.6 Å². The number of hydrogen-bond donors (Lipinski definition) is 2. The SMILES string of the molecule is CC(C)CC(CCO)CNC1C2CCOC2C1(C)C. The lowest BCUT2D eigenvalue weighted by Gasteiger charge is -2.55. The number of aliphatic hydroxyl groups excluding tert-OH is 1. The van der Waals surface area contributed by atoms with Crippen LogP contribution in [0.5, 0.6) is 0 Å². The van der Waals surface area contributed by atoms with Crippen molar-refractivity contribution in [3.05, 3.63) is 0 Å². The fourth-order valence-corrected chi connectivity index (χ4v) is 4.18. The molecule has 112 valence electrons. The first-order valence-corrected chi connectivity index (χ1v) is 7.92. The molecule has 0 aromatic heterocycles. The molecule has 0 bridgehead atoms. The molecule has 0 radical (unpaired) electrons. The van der Waals surface area contributed by atoms with Crippen LogP contribution >= 0.6 is 0 Å². The third-order valence-electron chi connectivity index (χ3n) is 5.07. The zero-order valence-corrected chi connectivity index (χ0v) is 13.0. The van der Waals surface area contributed by atoms with Gasteiger partial charge in [-0.2, -0.15) is 0 Å². The van der Waals surface area contributed by atoms with E-state index >= 15 is 0 Å². The summed E-state index contributed by atoms with van der Waals surface area (Å²) >= 11 is 0. The van der Waals surface area contributed by atoms with E-state index in [-0.39, 0.29) is 5.41 Å². The zero-order chi connectivity index (χ0) is 14.0. The van der Waals surface area contributed by atoms with Crippen molar-refractivity contribution < 1.29 is 9.84 Å². The topological polar surface area (TPSA) is 41.5 Å². The van der Waals surface area contributed by atoms with Gasteiger partial charge >= 0.3 is 0 Å². The molecule has 1 saturated carbocycles. The zero-order valence-electron chi connectivity index (χ0n) is 13.0. The van der Waals surface area contributed by atoms with E-state index in [0.29, 0.717) is 36.5 Å². The molecule has 3 nitrogen and oxygen atoms in total. The predicted molar refractivity (Wildman–Crippen MR) is 78.1 cm³/mol. The molecule has 0 amide bonds. The molecule has 1 heterocycles. The molecule has 4 unspecified atom stereocenters. The summed E-state index contributed by atoms with van der Waals surface area (Å²) in [5.41, 5.74) is 0.267. The Morgan fingerprint density at radius 3 is 2.74 bits per heavy atom. The summed E-state index contributed by atoms with van der Waals surface area (Å²) in [5.74, 6) is 2.02. The lowest BCUT2D eigenvalue weighted by atomic mass is 9.57. The van der Waals surface area contributed by atoms with Crippen LogP contribution in [0.2, 0.25) is 0 Å². The van der Waals surface area contributed by atoms with Gasteiger partial charge in [0.2, 0.25) is 0 Å². The van der Waals surface area contributed by atoms with E-state index in [1.54, 1.807) is 0 Å². The van der Waals surface area contributed by atoms with Crippen molar-refractivity contribution in [1.82, 2.24) is 5.32 Å². The predicted octanol–water partition coefficient (Wildman–Crippen LogP) is 2.43. The van der Waals surface area contributed by atoms with E-state index in [1.165, 1.54) is 12.8 Å². The highest BCUT2D eigenvalue weighted by molar-refractivity contribution is 5.11. The third-order valence-corrected chi connectivity index (χ3v) is 5.07. The summed E-state index contributed by atoms with van der Waals surface area (Å²) in [6, 6.07) is 0.591. The number of aliphatic hydroxyl groups is 1. The van der Waals surface area contributed by atoms with Gasteiger partial charge in [-0.25, -0.2) is 0 Å². The van der Waals surface area contributed by atoms with Crippen molar-refractivity contribution in [3.63, 3.8) is 0 Å². The highest BCUT2D eigenvalue weighted by atomic mass is 16.5. The summed E-state index contributed by atoms with van der Waals surface area (Å²) in [6.07, 6.45) is 3.79. The van der Waals surface area contributed by atoms with Crippen molar-refractivity contribution in [1.29, 1.82) is 0 Å². The van der Waals surface area contributed by atoms with E-state index in [1.807, 2.05) is 0 Å². The van der Waals surface area contributed by atoms with Crippen molar-refractivity contribution in [2.24, 2.45) is 23.2 Å². The molecule has 1 aliphatic carbocycles. The Hall–Kier alpha value is -0.120. The number of fused-ring (bicyclic) bond motifs is 1. The van der Waals surface area contributed by atoms with Crippen LogP contribution in [0.1, 0.15) is 47.0 Å². The first kappa shape index (κ1) is 15.3. The first-order valence-electron chi connectivity index (χ1n) is 7.92. The Morgan fingerprint density at radius 1 is 1.37 bits per heavy atom. The normalized spacial score (nSPS) is 34.1. The number of nitrogens with one attached hydrogen (secondary N) is 1. The fourth-order valence-electron chi connectivity index (χ4n) is 4.18. The summed E-state index contributed by atoms with van der Waals surface area (Å²) in [5, 5.41) is 13.0.